The van der Waals surface area contributed by atoms with Crippen LogP contribution in [-0.2, 0) is 0 Å². The minimum atomic E-state index is -1.24. The van der Waals surface area contributed by atoms with Crippen LogP contribution in [-0.4, -0.2) is 18.2 Å². The van der Waals surface area contributed by atoms with E-state index in [1.165, 1.54) is 19.2 Å². The third-order valence-electron chi connectivity index (χ3n) is 1.66. The van der Waals surface area contributed by atoms with Crippen LogP contribution in [0.4, 0.5) is 0 Å². The fourth-order valence-electron chi connectivity index (χ4n) is 1.02. The topological polar surface area (TPSA) is 70.3 Å². The second kappa shape index (κ2) is 3.99. The summed E-state index contributed by atoms with van der Waals surface area (Å²) in [7, 11) is 1.37. The fraction of sp³-hybridized carbons (Fsp3) is 0.111. The van der Waals surface area contributed by atoms with Crippen molar-refractivity contribution < 1.29 is 14.6 Å². The normalized spacial score (nSPS) is 9.21. The molecule has 1 aromatic carbocycles. The number of nitrogens with zero attached hydrogens (tertiary/aromatic N) is 1. The number of carboxylic acid groups (broad SMARTS) is 1. The minimum absolute atomic E-state index is 0.0169. The van der Waals surface area contributed by atoms with Crippen LogP contribution >= 0.6 is 11.6 Å². The third-order valence-corrected chi connectivity index (χ3v) is 2.04. The molecule has 1 N–H and O–H groups in total. The molecule has 0 aliphatic heterocycles. The van der Waals surface area contributed by atoms with E-state index in [4.69, 9.17) is 26.7 Å². The van der Waals surface area contributed by atoms with Gasteiger partial charge < -0.3 is 9.84 Å². The molecule has 0 saturated heterocycles. The number of hydrogen-bond acceptors (Lipinski definition) is 3. The van der Waals surface area contributed by atoms with Gasteiger partial charge in [0.1, 0.15) is 11.8 Å². The van der Waals surface area contributed by atoms with Crippen LogP contribution in [0.15, 0.2) is 12.1 Å². The Morgan fingerprint density at radius 3 is 2.71 bits per heavy atom. The van der Waals surface area contributed by atoms with Crippen molar-refractivity contribution in [2.24, 2.45) is 0 Å². The predicted octanol–water partition coefficient (Wildman–Crippen LogP) is 1.92. The van der Waals surface area contributed by atoms with Gasteiger partial charge in [-0.25, -0.2) is 4.79 Å². The number of nitriles is 1. The van der Waals surface area contributed by atoms with E-state index in [2.05, 4.69) is 0 Å². The Labute approximate surface area is 85.3 Å². The molecule has 0 bridgehead atoms. The van der Waals surface area contributed by atoms with Crippen LogP contribution < -0.4 is 4.74 Å². The van der Waals surface area contributed by atoms with Crippen molar-refractivity contribution in [3.63, 3.8) is 0 Å². The second-order valence-corrected chi connectivity index (χ2v) is 2.80. The van der Waals surface area contributed by atoms with E-state index in [9.17, 15) is 4.79 Å². The lowest BCUT2D eigenvalue weighted by atomic mass is 10.1. The maximum Gasteiger partial charge on any atom is 0.338 e. The van der Waals surface area contributed by atoms with Gasteiger partial charge in [-0.15, -0.1) is 0 Å². The van der Waals surface area contributed by atoms with Gasteiger partial charge in [0.15, 0.2) is 0 Å². The minimum Gasteiger partial charge on any atom is -0.495 e. The van der Waals surface area contributed by atoms with Gasteiger partial charge in [0.25, 0.3) is 0 Å². The second-order valence-electron chi connectivity index (χ2n) is 2.42. The van der Waals surface area contributed by atoms with Gasteiger partial charge in [-0.3, -0.25) is 0 Å². The van der Waals surface area contributed by atoms with Crippen LogP contribution in [0.5, 0.6) is 5.75 Å². The number of halogens is 1. The number of ether oxygens (including phenoxy) is 1. The SMILES string of the molecule is COc1ccc(C#N)c(C(=O)O)c1Cl. The standard InChI is InChI=1S/C9H6ClNO3/c1-14-6-3-2-5(4-11)7(8(6)10)9(12)13/h2-3H,1H3,(H,12,13). The van der Waals surface area contributed by atoms with Crippen molar-refractivity contribution in [2.45, 2.75) is 0 Å². The highest BCUT2D eigenvalue weighted by atomic mass is 35.5. The van der Waals surface area contributed by atoms with Gasteiger partial charge >= 0.3 is 5.97 Å². The zero-order valence-electron chi connectivity index (χ0n) is 7.24. The number of hydrogen-bond donors (Lipinski definition) is 1. The van der Waals surface area contributed by atoms with Gasteiger partial charge in [-0.05, 0) is 12.1 Å². The Kier molecular flexibility index (Phi) is 2.95. The van der Waals surface area contributed by atoms with E-state index in [0.29, 0.717) is 0 Å². The first-order valence-corrected chi connectivity index (χ1v) is 3.99. The summed E-state index contributed by atoms with van der Waals surface area (Å²) in [5, 5.41) is 17.4. The number of rotatable bonds is 2. The zero-order chi connectivity index (χ0) is 10.7. The van der Waals surface area contributed by atoms with E-state index in [0.717, 1.165) is 0 Å². The van der Waals surface area contributed by atoms with E-state index in [-0.39, 0.29) is 21.9 Å². The third kappa shape index (κ3) is 1.63. The zero-order valence-corrected chi connectivity index (χ0v) is 8.00. The van der Waals surface area contributed by atoms with Gasteiger partial charge in [-0.1, -0.05) is 11.6 Å². The summed E-state index contributed by atoms with van der Waals surface area (Å²) in [5.74, 6) is -1.01. The molecule has 0 radical (unpaired) electrons. The lowest BCUT2D eigenvalue weighted by Gasteiger charge is -2.06. The van der Waals surface area contributed by atoms with E-state index >= 15 is 0 Å². The number of methoxy groups -OCH3 is 1. The Balaban J connectivity index is 3.49. The lowest BCUT2D eigenvalue weighted by Crippen LogP contribution is -2.02. The Morgan fingerprint density at radius 1 is 1.64 bits per heavy atom. The molecular weight excluding hydrogens is 206 g/mol. The molecule has 0 aromatic heterocycles. The molecule has 0 atom stereocenters. The Hall–Kier alpha value is -1.73. The summed E-state index contributed by atoms with van der Waals surface area (Å²) in [5.41, 5.74) is -0.211. The van der Waals surface area contributed by atoms with E-state index in [1.807, 2.05) is 0 Å². The van der Waals surface area contributed by atoms with Crippen molar-refractivity contribution >= 4 is 17.6 Å². The first kappa shape index (κ1) is 10.4. The molecule has 72 valence electrons. The Bertz CT molecular complexity index is 423. The smallest absolute Gasteiger partial charge is 0.338 e. The van der Waals surface area contributed by atoms with Gasteiger partial charge in [0.05, 0.1) is 23.3 Å². The maximum atomic E-state index is 10.8. The maximum absolute atomic E-state index is 10.8. The molecule has 0 heterocycles. The molecule has 0 aliphatic carbocycles. The average molecular weight is 212 g/mol. The number of benzene rings is 1. The van der Waals surface area contributed by atoms with Crippen LogP contribution in [0.25, 0.3) is 0 Å². The Morgan fingerprint density at radius 2 is 2.29 bits per heavy atom. The number of carboxylic acids is 1. The first-order chi connectivity index (χ1) is 6.61. The monoisotopic (exact) mass is 211 g/mol. The molecule has 14 heavy (non-hydrogen) atoms. The molecular formula is C9H6ClNO3. The molecule has 0 saturated carbocycles. The summed E-state index contributed by atoms with van der Waals surface area (Å²) in [4.78, 5) is 10.8. The van der Waals surface area contributed by atoms with E-state index in [1.54, 1.807) is 6.07 Å². The van der Waals surface area contributed by atoms with Crippen LogP contribution in [0.1, 0.15) is 15.9 Å². The molecule has 1 rings (SSSR count). The number of carbonyl (C=O) groups is 1. The van der Waals surface area contributed by atoms with Gasteiger partial charge in [0, 0.05) is 0 Å². The largest absolute Gasteiger partial charge is 0.495 e. The van der Waals surface area contributed by atoms with E-state index < -0.39 is 5.97 Å². The summed E-state index contributed by atoms with van der Waals surface area (Å²) >= 11 is 5.73. The molecule has 0 spiro atoms. The highest BCUT2D eigenvalue weighted by Crippen LogP contribution is 2.30. The van der Waals surface area contributed by atoms with Gasteiger partial charge in [0.2, 0.25) is 0 Å². The van der Waals surface area contributed by atoms with Crippen molar-refractivity contribution in [1.29, 1.82) is 5.26 Å². The first-order valence-electron chi connectivity index (χ1n) is 3.61. The summed E-state index contributed by atoms with van der Waals surface area (Å²) in [6.45, 7) is 0. The molecule has 0 fully saturated rings. The summed E-state index contributed by atoms with van der Waals surface area (Å²) < 4.78 is 4.83. The van der Waals surface area contributed by atoms with Crippen molar-refractivity contribution in [1.82, 2.24) is 0 Å². The highest BCUT2D eigenvalue weighted by Gasteiger charge is 2.17. The fourth-order valence-corrected chi connectivity index (χ4v) is 1.34. The lowest BCUT2D eigenvalue weighted by molar-refractivity contribution is 0.0696. The molecule has 4 nitrogen and oxygen atoms in total. The van der Waals surface area contributed by atoms with Crippen LogP contribution in [0.2, 0.25) is 5.02 Å². The average Bonchev–Trinajstić information content (AvgIpc) is 2.16. The predicted molar refractivity (Wildman–Crippen MR) is 49.7 cm³/mol. The van der Waals surface area contributed by atoms with Crippen LogP contribution in [0.3, 0.4) is 0 Å². The number of aromatic carboxylic acids is 1. The molecule has 0 unspecified atom stereocenters. The van der Waals surface area contributed by atoms with Gasteiger partial charge in [-0.2, -0.15) is 5.26 Å². The highest BCUT2D eigenvalue weighted by molar-refractivity contribution is 6.35. The molecule has 1 aromatic rings. The van der Waals surface area contributed by atoms with Crippen molar-refractivity contribution in [3.05, 3.63) is 28.3 Å². The van der Waals surface area contributed by atoms with Crippen LogP contribution in [0, 0.1) is 11.3 Å². The quantitative estimate of drug-likeness (QED) is 0.811. The summed E-state index contributed by atoms with van der Waals surface area (Å²) in [6.07, 6.45) is 0. The van der Waals surface area contributed by atoms with Crippen molar-refractivity contribution in [2.75, 3.05) is 7.11 Å². The molecule has 5 heteroatoms. The summed E-state index contributed by atoms with van der Waals surface area (Å²) in [6, 6.07) is 4.56. The molecule has 0 amide bonds. The van der Waals surface area contributed by atoms with Crippen molar-refractivity contribution in [3.8, 4) is 11.8 Å². The molecule has 0 aliphatic rings.